The monoisotopic (exact) mass is 1000 g/mol. The second-order valence-corrected chi connectivity index (χ2v) is 19.1. The third kappa shape index (κ3) is 28.2. The van der Waals surface area contributed by atoms with Gasteiger partial charge in [-0.1, -0.05) is 134 Å². The van der Waals surface area contributed by atoms with Gasteiger partial charge in [0.2, 0.25) is 0 Å². The van der Waals surface area contributed by atoms with E-state index in [4.69, 9.17) is 4.99 Å². The van der Waals surface area contributed by atoms with Gasteiger partial charge in [0.05, 0.1) is 0 Å². The zero-order valence-corrected chi connectivity index (χ0v) is 48.0. The van der Waals surface area contributed by atoms with E-state index in [0.717, 1.165) is 62.8 Å². The molecule has 1 saturated heterocycles. The number of amides is 1. The minimum absolute atomic E-state index is 0.0509. The molecule has 3 atom stereocenters. The van der Waals surface area contributed by atoms with Crippen LogP contribution < -0.4 is 5.32 Å². The van der Waals surface area contributed by atoms with Gasteiger partial charge in [0.25, 0.3) is 0 Å². The van der Waals surface area contributed by atoms with Crippen molar-refractivity contribution in [1.29, 1.82) is 0 Å². The topological polar surface area (TPSA) is 51.2 Å². The normalized spacial score (nSPS) is 17.5. The first-order chi connectivity index (χ1) is 27.6. The Morgan fingerprint density at radius 3 is 1.93 bits per heavy atom. The molecule has 6 nitrogen and oxygen atoms in total. The molecular formula is C51H100HgN5O. The molecule has 2 heterocycles. The van der Waals surface area contributed by atoms with E-state index in [1.165, 1.54) is 75.4 Å². The minimum atomic E-state index is -0.0509. The number of nitrogens with zero attached hydrogens (tertiary/aromatic N) is 4. The van der Waals surface area contributed by atoms with Crippen LogP contribution in [0.1, 0.15) is 208 Å². The summed E-state index contributed by atoms with van der Waals surface area (Å²) in [7, 11) is 2.18. The van der Waals surface area contributed by atoms with Crippen molar-refractivity contribution in [3.05, 3.63) is 35.1 Å². The number of unbranched alkanes of at least 4 members (excludes halogenated alkanes) is 4. The number of terminal acetylenes is 1. The van der Waals surface area contributed by atoms with Crippen molar-refractivity contribution in [2.45, 2.75) is 226 Å². The molecule has 0 spiro atoms. The molecule has 2 aliphatic heterocycles. The second-order valence-electron chi connectivity index (χ2n) is 16.2. The maximum atomic E-state index is 13.3. The molecule has 2 aliphatic rings. The quantitative estimate of drug-likeness (QED) is 0.0394. The van der Waals surface area contributed by atoms with Crippen LogP contribution in [0.2, 0.25) is 0 Å². The first-order valence-electron chi connectivity index (χ1n) is 24.0. The van der Waals surface area contributed by atoms with Crippen molar-refractivity contribution in [2.24, 2.45) is 16.8 Å². The van der Waals surface area contributed by atoms with Gasteiger partial charge in [-0.05, 0) is 39.5 Å². The number of amidine groups is 1. The Morgan fingerprint density at radius 1 is 0.983 bits per heavy atom. The summed E-state index contributed by atoms with van der Waals surface area (Å²) in [6, 6.07) is 0.830. The molecule has 0 radical (unpaired) electrons. The molecule has 2 rings (SSSR count). The molecule has 0 aromatic rings. The fraction of sp³-hybridized carbons (Fsp3) is 0.804. The van der Waals surface area contributed by atoms with E-state index < -0.39 is 0 Å². The first kappa shape index (κ1) is 63.2. The van der Waals surface area contributed by atoms with Gasteiger partial charge >= 0.3 is 164 Å². The van der Waals surface area contributed by atoms with Crippen LogP contribution in [-0.4, -0.2) is 75.1 Å². The molecule has 337 valence electrons. The van der Waals surface area contributed by atoms with Crippen LogP contribution in [0.3, 0.4) is 0 Å². The van der Waals surface area contributed by atoms with Crippen molar-refractivity contribution < 1.29 is 31.2 Å². The van der Waals surface area contributed by atoms with Crippen molar-refractivity contribution in [2.75, 3.05) is 33.2 Å². The average Bonchev–Trinajstić information content (AvgIpc) is 3.23. The molecule has 0 bridgehead atoms. The number of likely N-dealkylation sites (N-methyl/N-ethyl adjacent to an activating group) is 1. The zero-order chi connectivity index (χ0) is 45.7. The Labute approximate surface area is 381 Å². The van der Waals surface area contributed by atoms with Crippen LogP contribution in [0.25, 0.3) is 0 Å². The standard InChI is InChI=1S/C32H56N5O.C9H20.C3H8.C3H4.2C2H6.Hg/c1-10-13-14-15-25(5)36(9)26(6)34-23-29-28(16-19-33-30(29)11-2)27-17-20-37(21-18-27)31(38)24(4)22-32(7,8)35-12-3;1-4-6-7-8-9(3)5-2;2*1-3-2;2*1-2;/h16,22-23,25,27,30,33H,10-15,17-21H2,1-9H3;9H,4-8H2,1-3H3;3H2,1-2H3;1H,2H3;2*1-2H3;/q-1;;;;;;+1/b24-22+,29-23-,34-26?;;;;;;/t25-,30?;9-;;;;;/m00...../s1. The summed E-state index contributed by atoms with van der Waals surface area (Å²) in [5, 5.41) is 3.68. The number of carbonyl (C=O) groups excluding carboxylic acids is 1. The number of hydrogen-bond acceptors (Lipinski definition) is 4. The van der Waals surface area contributed by atoms with E-state index >= 15 is 0 Å². The van der Waals surface area contributed by atoms with Gasteiger partial charge < -0.3 is 10.2 Å². The fourth-order valence-corrected chi connectivity index (χ4v) is 7.16. The number of likely N-dealkylation sites (tertiary alicyclic amines) is 1. The molecule has 7 heteroatoms. The van der Waals surface area contributed by atoms with Gasteiger partial charge in [-0.3, -0.25) is 0 Å². The SMILES string of the molecule is C#CC.CC.CC.CCC.CCCCC[C@@H](C)CC.CCCCC[C@H](C)N(C)C(C)=N/C=C1/C(C2CCN(C(=O)/C(C)=C/C(C)(C)[N]([Hg])CC)CC2)=CCNC1CC. The Hall–Kier alpha value is -1.42. The van der Waals surface area contributed by atoms with Gasteiger partial charge in [-0.15, -0.1) is 12.3 Å². The maximum absolute atomic E-state index is 13.3. The van der Waals surface area contributed by atoms with Gasteiger partial charge in [0, 0.05) is 13.1 Å². The van der Waals surface area contributed by atoms with Gasteiger partial charge in [0.15, 0.2) is 0 Å². The third-order valence-corrected chi connectivity index (χ3v) is 15.8. The van der Waals surface area contributed by atoms with Gasteiger partial charge in [-0.2, -0.15) is 0 Å². The first-order valence-corrected chi connectivity index (χ1v) is 26.4. The number of carbonyl (C=O) groups is 1. The van der Waals surface area contributed by atoms with Crippen LogP contribution in [-0.2, 0) is 31.2 Å². The number of aliphatic imine (C=N–C) groups is 1. The molecule has 0 aromatic carbocycles. The molecule has 0 aliphatic carbocycles. The van der Waals surface area contributed by atoms with Crippen LogP contribution in [0, 0.1) is 24.2 Å². The van der Waals surface area contributed by atoms with E-state index in [1.807, 2.05) is 34.6 Å². The Kier molecular flexibility index (Phi) is 44.6. The van der Waals surface area contributed by atoms with E-state index in [-0.39, 0.29) is 11.4 Å². The summed E-state index contributed by atoms with van der Waals surface area (Å²) in [4.78, 5) is 22.7. The summed E-state index contributed by atoms with van der Waals surface area (Å²) in [5.41, 5.74) is 3.62. The van der Waals surface area contributed by atoms with Crippen LogP contribution >= 0.6 is 0 Å². The van der Waals surface area contributed by atoms with Crippen LogP contribution in [0.5, 0.6) is 0 Å². The third-order valence-electron chi connectivity index (χ3n) is 10.9. The van der Waals surface area contributed by atoms with Crippen molar-refractivity contribution >= 4 is 11.7 Å². The smallest absolute Gasteiger partial charge is 0.306 e. The molecule has 1 unspecified atom stereocenters. The molecule has 0 aromatic heterocycles. The van der Waals surface area contributed by atoms with E-state index in [2.05, 4.69) is 139 Å². The second kappa shape index (κ2) is 41.0. The predicted molar refractivity (Wildman–Crippen MR) is 259 cm³/mol. The zero-order valence-electron chi connectivity index (χ0n) is 42.5. The molecule has 1 N–H and O–H groups in total. The van der Waals surface area contributed by atoms with E-state index in [1.54, 1.807) is 6.92 Å². The Balaban J connectivity index is -0.000000642. The van der Waals surface area contributed by atoms with Crippen molar-refractivity contribution in [3.63, 3.8) is 0 Å². The number of nitrogens with one attached hydrogen (secondary N) is 1. The summed E-state index contributed by atoms with van der Waals surface area (Å²) in [6.07, 6.45) is 27.7. The van der Waals surface area contributed by atoms with E-state index in [0.29, 0.717) is 44.4 Å². The molecule has 58 heavy (non-hydrogen) atoms. The number of piperidine rings is 1. The predicted octanol–water partition coefficient (Wildman–Crippen LogP) is 14.0. The van der Waals surface area contributed by atoms with Crippen LogP contribution in [0.4, 0.5) is 0 Å². The van der Waals surface area contributed by atoms with E-state index in [9.17, 15) is 4.79 Å². The van der Waals surface area contributed by atoms with Gasteiger partial charge in [0.1, 0.15) is 5.84 Å². The summed E-state index contributed by atoms with van der Waals surface area (Å²) in [5.74, 6) is 4.97. The Morgan fingerprint density at radius 2 is 1.48 bits per heavy atom. The number of rotatable bonds is 17. The number of hydrogen-bond donors (Lipinski definition) is 1. The fourth-order valence-electron chi connectivity index (χ4n) is 6.81. The average molecular weight is 1000 g/mol. The summed E-state index contributed by atoms with van der Waals surface area (Å²) < 4.78 is 2.46. The molecule has 1 fully saturated rings. The molecule has 0 saturated carbocycles. The summed E-state index contributed by atoms with van der Waals surface area (Å²) >= 11 is 0.540. The molecule has 1 amide bonds. The van der Waals surface area contributed by atoms with Crippen molar-refractivity contribution in [1.82, 2.24) is 17.8 Å². The minimum Gasteiger partial charge on any atom is -0.306 e. The van der Waals surface area contributed by atoms with Crippen molar-refractivity contribution in [3.8, 4) is 12.3 Å². The van der Waals surface area contributed by atoms with Crippen LogP contribution in [0.15, 0.2) is 40.1 Å². The summed E-state index contributed by atoms with van der Waals surface area (Å²) in [6.45, 7) is 42.0. The van der Waals surface area contributed by atoms with Gasteiger partial charge in [-0.25, -0.2) is 4.99 Å². The Bertz CT molecular complexity index is 1140. The molecular weight excluding hydrogens is 899 g/mol.